The summed E-state index contributed by atoms with van der Waals surface area (Å²) in [6, 6.07) is 10.1. The van der Waals surface area contributed by atoms with Gasteiger partial charge in [0.05, 0.1) is 41.9 Å². The molecular formula is C20H16Cl2FN3O3. The number of nitrogens with zero attached hydrogens (tertiary/aromatic N) is 2. The number of aromatic nitrogens is 2. The molecule has 0 atom stereocenters. The minimum Gasteiger partial charge on any atom is -0.469 e. The molecule has 0 aliphatic carbocycles. The first kappa shape index (κ1) is 20.8. The second kappa shape index (κ2) is 8.63. The summed E-state index contributed by atoms with van der Waals surface area (Å²) in [5, 5.41) is 3.69. The number of carbonyl (C=O) groups is 1. The van der Waals surface area contributed by atoms with E-state index in [4.69, 9.17) is 27.9 Å². The predicted octanol–water partition coefficient (Wildman–Crippen LogP) is 4.47. The third-order valence-electron chi connectivity index (χ3n) is 4.11. The van der Waals surface area contributed by atoms with E-state index in [1.807, 2.05) is 0 Å². The number of carbonyl (C=O) groups excluding carboxylic acids is 1. The molecule has 0 aliphatic rings. The number of aliphatic imine (C=N–C) groups is 1. The third-order valence-corrected chi connectivity index (χ3v) is 4.54. The molecule has 1 aromatic heterocycles. The summed E-state index contributed by atoms with van der Waals surface area (Å²) in [5.74, 6) is -0.962. The van der Waals surface area contributed by atoms with Crippen molar-refractivity contribution in [1.82, 2.24) is 9.78 Å². The van der Waals surface area contributed by atoms with E-state index in [-0.39, 0.29) is 12.0 Å². The Morgan fingerprint density at radius 3 is 2.38 bits per heavy atom. The highest BCUT2D eigenvalue weighted by Gasteiger charge is 2.20. The lowest BCUT2D eigenvalue weighted by molar-refractivity contribution is -0.139. The SMILES string of the molecule is COC(=O)Cc1[nH]n(-c2ccc(F)cc2)c(=O)c1C(C)=Nc1cc(Cl)cc(Cl)c1. The Labute approximate surface area is 175 Å². The number of esters is 1. The minimum atomic E-state index is -0.530. The van der Waals surface area contributed by atoms with Gasteiger partial charge < -0.3 is 4.74 Å². The zero-order valence-corrected chi connectivity index (χ0v) is 17.0. The highest BCUT2D eigenvalue weighted by Crippen LogP contribution is 2.25. The summed E-state index contributed by atoms with van der Waals surface area (Å²) in [4.78, 5) is 29.3. The Morgan fingerprint density at radius 1 is 1.17 bits per heavy atom. The van der Waals surface area contributed by atoms with Crippen LogP contribution in [0.25, 0.3) is 5.69 Å². The molecule has 3 aromatic rings. The van der Waals surface area contributed by atoms with Crippen LogP contribution in [0, 0.1) is 5.82 Å². The molecule has 29 heavy (non-hydrogen) atoms. The van der Waals surface area contributed by atoms with Crippen LogP contribution in [0.3, 0.4) is 0 Å². The average Bonchev–Trinajstić information content (AvgIpc) is 2.97. The number of H-pyrrole nitrogens is 1. The number of ether oxygens (including phenoxy) is 1. The summed E-state index contributed by atoms with van der Waals surface area (Å²) in [6.07, 6.45) is -0.168. The van der Waals surface area contributed by atoms with E-state index in [0.29, 0.717) is 32.8 Å². The molecule has 0 saturated heterocycles. The van der Waals surface area contributed by atoms with Crippen LogP contribution in [0.5, 0.6) is 0 Å². The average molecular weight is 436 g/mol. The topological polar surface area (TPSA) is 76.5 Å². The number of methoxy groups -OCH3 is 1. The maximum atomic E-state index is 13.2. The fraction of sp³-hybridized carbons (Fsp3) is 0.150. The van der Waals surface area contributed by atoms with Crippen molar-refractivity contribution >= 4 is 40.6 Å². The first-order valence-corrected chi connectivity index (χ1v) is 9.22. The molecule has 1 N–H and O–H groups in total. The zero-order valence-electron chi connectivity index (χ0n) is 15.5. The van der Waals surface area contributed by atoms with Crippen molar-refractivity contribution in [3.63, 3.8) is 0 Å². The summed E-state index contributed by atoms with van der Waals surface area (Å²) in [7, 11) is 1.26. The molecular weight excluding hydrogens is 420 g/mol. The van der Waals surface area contributed by atoms with Crippen LogP contribution >= 0.6 is 23.2 Å². The summed E-state index contributed by atoms with van der Waals surface area (Å²) in [5.41, 5.74) is 1.30. The van der Waals surface area contributed by atoms with Gasteiger partial charge in [0.1, 0.15) is 5.82 Å². The molecule has 0 spiro atoms. The van der Waals surface area contributed by atoms with Gasteiger partial charge in [-0.1, -0.05) is 23.2 Å². The molecule has 0 amide bonds. The number of halogens is 3. The van der Waals surface area contributed by atoms with E-state index in [1.54, 1.807) is 25.1 Å². The Bertz CT molecular complexity index is 1130. The van der Waals surface area contributed by atoms with Gasteiger partial charge in [0.25, 0.3) is 5.56 Å². The van der Waals surface area contributed by atoms with Gasteiger partial charge in [-0.15, -0.1) is 0 Å². The molecule has 1 heterocycles. The van der Waals surface area contributed by atoms with Crippen LogP contribution < -0.4 is 5.56 Å². The molecule has 0 radical (unpaired) electrons. The Balaban J connectivity index is 2.14. The number of aromatic amines is 1. The number of hydrogen-bond acceptors (Lipinski definition) is 4. The highest BCUT2D eigenvalue weighted by molar-refractivity contribution is 6.35. The van der Waals surface area contributed by atoms with Gasteiger partial charge in [-0.3, -0.25) is 19.7 Å². The van der Waals surface area contributed by atoms with Gasteiger partial charge in [0, 0.05) is 10.0 Å². The smallest absolute Gasteiger partial charge is 0.311 e. The van der Waals surface area contributed by atoms with E-state index >= 15 is 0 Å². The first-order valence-electron chi connectivity index (χ1n) is 8.47. The van der Waals surface area contributed by atoms with Crippen molar-refractivity contribution in [2.24, 2.45) is 4.99 Å². The number of benzene rings is 2. The van der Waals surface area contributed by atoms with Crippen LogP contribution in [-0.4, -0.2) is 28.6 Å². The van der Waals surface area contributed by atoms with Gasteiger partial charge in [0.15, 0.2) is 0 Å². The summed E-state index contributed by atoms with van der Waals surface area (Å²) >= 11 is 12.0. The van der Waals surface area contributed by atoms with Crippen LogP contribution in [0.4, 0.5) is 10.1 Å². The fourth-order valence-corrected chi connectivity index (χ4v) is 3.34. The Hall–Kier alpha value is -2.90. The maximum Gasteiger partial charge on any atom is 0.311 e. The van der Waals surface area contributed by atoms with Gasteiger partial charge in [-0.05, 0) is 49.4 Å². The van der Waals surface area contributed by atoms with E-state index in [0.717, 1.165) is 0 Å². The number of rotatable bonds is 5. The summed E-state index contributed by atoms with van der Waals surface area (Å²) < 4.78 is 19.2. The predicted molar refractivity (Wildman–Crippen MR) is 110 cm³/mol. The quantitative estimate of drug-likeness (QED) is 0.474. The van der Waals surface area contributed by atoms with E-state index in [2.05, 4.69) is 10.1 Å². The van der Waals surface area contributed by atoms with Gasteiger partial charge in [-0.25, -0.2) is 9.07 Å². The van der Waals surface area contributed by atoms with Crippen LogP contribution in [0.2, 0.25) is 10.0 Å². The molecule has 6 nitrogen and oxygen atoms in total. The molecule has 0 bridgehead atoms. The number of hydrogen-bond donors (Lipinski definition) is 1. The van der Waals surface area contributed by atoms with Gasteiger partial charge in [0.2, 0.25) is 0 Å². The lowest BCUT2D eigenvalue weighted by Crippen LogP contribution is -2.20. The summed E-state index contributed by atoms with van der Waals surface area (Å²) in [6.45, 7) is 1.63. The molecule has 0 fully saturated rings. The Morgan fingerprint density at radius 2 is 1.79 bits per heavy atom. The fourth-order valence-electron chi connectivity index (χ4n) is 2.83. The first-order chi connectivity index (χ1) is 13.8. The van der Waals surface area contributed by atoms with Crippen molar-refractivity contribution in [1.29, 1.82) is 0 Å². The molecule has 3 rings (SSSR count). The molecule has 0 aliphatic heterocycles. The monoisotopic (exact) mass is 435 g/mol. The van der Waals surface area contributed by atoms with Crippen LogP contribution in [-0.2, 0) is 16.0 Å². The van der Waals surface area contributed by atoms with Gasteiger partial charge in [-0.2, -0.15) is 0 Å². The normalized spacial score (nSPS) is 11.6. The van der Waals surface area contributed by atoms with E-state index in [1.165, 1.54) is 36.1 Å². The molecule has 0 unspecified atom stereocenters. The highest BCUT2D eigenvalue weighted by atomic mass is 35.5. The van der Waals surface area contributed by atoms with Crippen molar-refractivity contribution < 1.29 is 13.9 Å². The largest absolute Gasteiger partial charge is 0.469 e. The van der Waals surface area contributed by atoms with Crippen molar-refractivity contribution in [3.8, 4) is 5.69 Å². The minimum absolute atomic E-state index is 0.168. The zero-order chi connectivity index (χ0) is 21.1. The molecule has 0 saturated carbocycles. The van der Waals surface area contributed by atoms with E-state index < -0.39 is 17.3 Å². The second-order valence-electron chi connectivity index (χ2n) is 6.16. The van der Waals surface area contributed by atoms with Crippen molar-refractivity contribution in [3.05, 3.63) is 79.9 Å². The second-order valence-corrected chi connectivity index (χ2v) is 7.03. The molecule has 9 heteroatoms. The van der Waals surface area contributed by atoms with Crippen molar-refractivity contribution in [2.75, 3.05) is 7.11 Å². The molecule has 2 aromatic carbocycles. The van der Waals surface area contributed by atoms with Gasteiger partial charge >= 0.3 is 5.97 Å². The molecule has 150 valence electrons. The van der Waals surface area contributed by atoms with E-state index in [9.17, 15) is 14.0 Å². The van der Waals surface area contributed by atoms with Crippen molar-refractivity contribution in [2.45, 2.75) is 13.3 Å². The number of nitrogens with one attached hydrogen (secondary N) is 1. The van der Waals surface area contributed by atoms with Crippen LogP contribution in [0.1, 0.15) is 18.2 Å². The maximum absolute atomic E-state index is 13.2. The lowest BCUT2D eigenvalue weighted by Gasteiger charge is -2.03. The lowest BCUT2D eigenvalue weighted by atomic mass is 10.1. The Kier molecular flexibility index (Phi) is 6.20. The standard InChI is InChI=1S/C20H16Cl2FN3O3/c1-11(24-15-8-12(21)7-13(22)9-15)19-17(10-18(27)29-2)25-26(20(19)28)16-5-3-14(23)4-6-16/h3-9,25H,10H2,1-2H3. The third kappa shape index (κ3) is 4.75. The van der Waals surface area contributed by atoms with Crippen LogP contribution in [0.15, 0.2) is 52.3 Å².